The van der Waals surface area contributed by atoms with Crippen molar-refractivity contribution in [3.8, 4) is 11.4 Å². The Morgan fingerprint density at radius 3 is 2.42 bits per heavy atom. The van der Waals surface area contributed by atoms with Crippen LogP contribution in [0.25, 0.3) is 16.7 Å². The average molecular weight is 513 g/mol. The Labute approximate surface area is 192 Å². The normalized spacial score (nSPS) is 12.4. The van der Waals surface area contributed by atoms with Crippen LogP contribution in [0.1, 0.15) is 6.42 Å². The summed E-state index contributed by atoms with van der Waals surface area (Å²) in [5.74, 6) is 0.900. The molecule has 2 heterocycles. The van der Waals surface area contributed by atoms with E-state index in [0.717, 1.165) is 11.9 Å². The van der Waals surface area contributed by atoms with E-state index in [9.17, 15) is 31.1 Å². The van der Waals surface area contributed by atoms with Crippen LogP contribution in [0.3, 0.4) is 0 Å². The molecule has 180 valence electrons. The first kappa shape index (κ1) is 25.3. The van der Waals surface area contributed by atoms with Crippen molar-refractivity contribution in [3.63, 3.8) is 0 Å². The maximum absolute atomic E-state index is 13.0. The Balaban J connectivity index is 1.71. The summed E-state index contributed by atoms with van der Waals surface area (Å²) in [6.07, 6.45) is -6.63. The second kappa shape index (κ2) is 10.7. The number of aromatic amines is 1. The Kier molecular flexibility index (Phi) is 8.23. The van der Waals surface area contributed by atoms with Gasteiger partial charge in [-0.15, -0.1) is 0 Å². The third-order valence-electron chi connectivity index (χ3n) is 4.04. The minimum atomic E-state index is -4.47. The molecule has 1 aromatic carbocycles. The lowest BCUT2D eigenvalue weighted by molar-refractivity contribution is -0.153. The quantitative estimate of drug-likeness (QED) is 0.132. The number of rotatable bonds is 10. The zero-order chi connectivity index (χ0) is 24.1. The zero-order valence-corrected chi connectivity index (χ0v) is 18.4. The first-order valence-corrected chi connectivity index (χ1v) is 11.4. The second-order valence-electron chi connectivity index (χ2n) is 6.66. The monoisotopic (exact) mass is 512 g/mol. The van der Waals surface area contributed by atoms with E-state index >= 15 is 0 Å². The van der Waals surface area contributed by atoms with Crippen molar-refractivity contribution in [2.45, 2.75) is 23.9 Å². The molecule has 0 spiro atoms. The molecular weight excluding hydrogens is 494 g/mol. The number of halogens is 6. The van der Waals surface area contributed by atoms with Gasteiger partial charge in [-0.05, 0) is 36.8 Å². The highest BCUT2D eigenvalue weighted by Gasteiger charge is 2.28. The maximum atomic E-state index is 13.0. The Morgan fingerprint density at radius 2 is 1.76 bits per heavy atom. The van der Waals surface area contributed by atoms with E-state index in [0.29, 0.717) is 34.3 Å². The van der Waals surface area contributed by atoms with Crippen LogP contribution in [0.15, 0.2) is 46.5 Å². The van der Waals surface area contributed by atoms with Crippen molar-refractivity contribution in [2.24, 2.45) is 0 Å². The molecule has 0 aliphatic carbocycles. The topological polar surface area (TPSA) is 71.9 Å². The Morgan fingerprint density at radius 1 is 1.03 bits per heavy atom. The van der Waals surface area contributed by atoms with Gasteiger partial charge in [0.25, 0.3) is 5.56 Å². The summed E-state index contributed by atoms with van der Waals surface area (Å²) < 4.78 is 81.7. The molecule has 0 bridgehead atoms. The van der Waals surface area contributed by atoms with Crippen LogP contribution in [0.2, 0.25) is 0 Å². The lowest BCUT2D eigenvalue weighted by atomic mass is 10.3. The first-order chi connectivity index (χ1) is 15.5. The molecule has 6 nitrogen and oxygen atoms in total. The third kappa shape index (κ3) is 7.61. The predicted molar refractivity (Wildman–Crippen MR) is 115 cm³/mol. The number of fused-ring (bicyclic) bond motifs is 1. The number of benzene rings is 1. The summed E-state index contributed by atoms with van der Waals surface area (Å²) in [5.41, 5.74) is 0.707. The van der Waals surface area contributed by atoms with E-state index in [1.165, 1.54) is 40.6 Å². The number of hydrogen-bond acceptors (Lipinski definition) is 6. The molecule has 0 aliphatic rings. The summed E-state index contributed by atoms with van der Waals surface area (Å²) in [5, 5.41) is 0.351. The molecule has 0 atom stereocenters. The lowest BCUT2D eigenvalue weighted by Gasteiger charge is -2.13. The zero-order valence-electron chi connectivity index (χ0n) is 16.8. The van der Waals surface area contributed by atoms with Crippen molar-refractivity contribution in [2.75, 3.05) is 24.7 Å². The number of ether oxygens (including phenoxy) is 1. The standard InChI is InChI=1S/C19H18F6N4O2S2/c20-18(21,22)10-27-33-9-1-8-32-17-28-14-6-7-26-15(14)16(30)29(17)12-2-4-13(5-3-12)31-11-19(23,24)25/h2-7,26-27H,1,8-11H2. The molecule has 0 aliphatic heterocycles. The fraction of sp³-hybridized carbons (Fsp3) is 0.368. The van der Waals surface area contributed by atoms with Gasteiger partial charge in [0, 0.05) is 17.7 Å². The van der Waals surface area contributed by atoms with Crippen LogP contribution >= 0.6 is 23.7 Å². The van der Waals surface area contributed by atoms with Crippen molar-refractivity contribution in [3.05, 3.63) is 46.9 Å². The number of hydrogen-bond donors (Lipinski definition) is 2. The van der Waals surface area contributed by atoms with E-state index in [-0.39, 0.29) is 11.3 Å². The molecule has 3 aromatic rings. The van der Waals surface area contributed by atoms with Gasteiger partial charge in [-0.25, -0.2) is 4.98 Å². The number of nitrogens with one attached hydrogen (secondary N) is 2. The second-order valence-corrected chi connectivity index (χ2v) is 8.71. The van der Waals surface area contributed by atoms with Crippen molar-refractivity contribution in [1.82, 2.24) is 19.3 Å². The Bertz CT molecular complexity index is 1110. The van der Waals surface area contributed by atoms with Gasteiger partial charge in [0.1, 0.15) is 17.8 Å². The van der Waals surface area contributed by atoms with Crippen LogP contribution in [0.5, 0.6) is 5.75 Å². The molecule has 0 fully saturated rings. The number of H-pyrrole nitrogens is 1. The van der Waals surface area contributed by atoms with Crippen LogP contribution in [-0.2, 0) is 0 Å². The highest BCUT2D eigenvalue weighted by molar-refractivity contribution is 7.99. The SMILES string of the molecule is O=c1c2[nH]ccc2nc(SCCCSNCC(F)(F)F)n1-c1ccc(OCC(F)(F)F)cc1. The Hall–Kier alpha value is -2.32. The van der Waals surface area contributed by atoms with Gasteiger partial charge in [-0.1, -0.05) is 23.7 Å². The molecule has 0 saturated heterocycles. The molecule has 14 heteroatoms. The van der Waals surface area contributed by atoms with Gasteiger partial charge >= 0.3 is 12.4 Å². The fourth-order valence-electron chi connectivity index (χ4n) is 2.66. The molecule has 33 heavy (non-hydrogen) atoms. The van der Waals surface area contributed by atoms with Crippen molar-refractivity contribution < 1.29 is 31.1 Å². The van der Waals surface area contributed by atoms with Gasteiger partial charge < -0.3 is 9.72 Å². The first-order valence-electron chi connectivity index (χ1n) is 9.48. The minimum absolute atomic E-state index is 0.00406. The summed E-state index contributed by atoms with van der Waals surface area (Å²) in [4.78, 5) is 20.3. The van der Waals surface area contributed by atoms with E-state index < -0.39 is 31.1 Å². The number of nitrogens with zero attached hydrogens (tertiary/aromatic N) is 2. The predicted octanol–water partition coefficient (Wildman–Crippen LogP) is 4.94. The summed E-state index contributed by atoms with van der Waals surface area (Å²) in [7, 11) is 0. The summed E-state index contributed by atoms with van der Waals surface area (Å²) in [6.45, 7) is -2.52. The number of aromatic nitrogens is 3. The van der Waals surface area contributed by atoms with Gasteiger partial charge in [0.05, 0.1) is 11.2 Å². The van der Waals surface area contributed by atoms with Crippen molar-refractivity contribution in [1.29, 1.82) is 0 Å². The van der Waals surface area contributed by atoms with E-state index in [1.807, 2.05) is 0 Å². The largest absolute Gasteiger partial charge is 0.484 e. The molecule has 2 N–H and O–H groups in total. The fourth-order valence-corrected chi connectivity index (χ4v) is 4.49. The molecule has 2 aromatic heterocycles. The van der Waals surface area contributed by atoms with Gasteiger partial charge in [0.2, 0.25) is 0 Å². The molecule has 0 saturated carbocycles. The van der Waals surface area contributed by atoms with Crippen LogP contribution in [0.4, 0.5) is 26.3 Å². The molecule has 0 amide bonds. The van der Waals surface area contributed by atoms with Gasteiger partial charge in [-0.2, -0.15) is 26.3 Å². The highest BCUT2D eigenvalue weighted by Crippen LogP contribution is 2.24. The number of thioether (sulfide) groups is 1. The third-order valence-corrected chi connectivity index (χ3v) is 5.91. The molecule has 0 unspecified atom stereocenters. The van der Waals surface area contributed by atoms with E-state index in [2.05, 4.69) is 14.7 Å². The molecule has 0 radical (unpaired) electrons. The van der Waals surface area contributed by atoms with Crippen LogP contribution < -0.4 is 15.0 Å². The van der Waals surface area contributed by atoms with E-state index in [4.69, 9.17) is 4.74 Å². The highest BCUT2D eigenvalue weighted by atomic mass is 32.2. The molecule has 3 rings (SSSR count). The van der Waals surface area contributed by atoms with E-state index in [1.54, 1.807) is 12.3 Å². The average Bonchev–Trinajstić information content (AvgIpc) is 3.20. The smallest absolute Gasteiger partial charge is 0.422 e. The maximum Gasteiger partial charge on any atom is 0.422 e. The summed E-state index contributed by atoms with van der Waals surface area (Å²) >= 11 is 2.21. The minimum Gasteiger partial charge on any atom is -0.484 e. The van der Waals surface area contributed by atoms with Crippen LogP contribution in [-0.4, -0.2) is 51.5 Å². The number of alkyl halides is 6. The van der Waals surface area contributed by atoms with Crippen molar-refractivity contribution >= 4 is 34.7 Å². The van der Waals surface area contributed by atoms with Gasteiger partial charge in [-0.3, -0.25) is 14.1 Å². The van der Waals surface area contributed by atoms with Gasteiger partial charge in [0.15, 0.2) is 11.8 Å². The lowest BCUT2D eigenvalue weighted by Crippen LogP contribution is -2.24. The van der Waals surface area contributed by atoms with Crippen LogP contribution in [0, 0.1) is 0 Å². The molecular formula is C19H18F6N4O2S2. The summed E-state index contributed by atoms with van der Waals surface area (Å²) in [6, 6.07) is 7.18.